The molecule has 2 atom stereocenters. The molecule has 14 heavy (non-hydrogen) atoms. The summed E-state index contributed by atoms with van der Waals surface area (Å²) in [4.78, 5) is 11.0. The van der Waals surface area contributed by atoms with E-state index in [1.54, 1.807) is 0 Å². The van der Waals surface area contributed by atoms with Gasteiger partial charge in [0.15, 0.2) is 6.04 Å². The zero-order chi connectivity index (χ0) is 10.8. The van der Waals surface area contributed by atoms with Gasteiger partial charge in [0.25, 0.3) is 0 Å². The predicted octanol–water partition coefficient (Wildman–Crippen LogP) is -0.646. The molecule has 4 nitrogen and oxygen atoms in total. The van der Waals surface area contributed by atoms with Crippen molar-refractivity contribution in [2.75, 3.05) is 13.1 Å². The van der Waals surface area contributed by atoms with E-state index in [0.29, 0.717) is 19.5 Å². The van der Waals surface area contributed by atoms with Gasteiger partial charge in [-0.25, -0.2) is 0 Å². The summed E-state index contributed by atoms with van der Waals surface area (Å²) in [5.74, 6) is -1.16. The number of rotatable bonds is 2. The molecule has 0 bridgehead atoms. The maximum atomic E-state index is 12.0. The van der Waals surface area contributed by atoms with Gasteiger partial charge in [0.1, 0.15) is 0 Å². The van der Waals surface area contributed by atoms with Crippen LogP contribution in [0.5, 0.6) is 0 Å². The molecule has 82 valence electrons. The van der Waals surface area contributed by atoms with E-state index in [1.165, 1.54) is 0 Å². The van der Waals surface area contributed by atoms with Crippen LogP contribution >= 0.6 is 0 Å². The molecule has 1 aliphatic rings. The van der Waals surface area contributed by atoms with Crippen molar-refractivity contribution >= 4 is 5.91 Å². The van der Waals surface area contributed by atoms with Crippen molar-refractivity contribution in [3.63, 3.8) is 0 Å². The summed E-state index contributed by atoms with van der Waals surface area (Å²) >= 11 is 0. The Balaban J connectivity index is 2.41. The first kappa shape index (κ1) is 11.3. The number of hydrogen-bond donors (Lipinski definition) is 3. The molecule has 1 saturated heterocycles. The van der Waals surface area contributed by atoms with Crippen LogP contribution < -0.4 is 16.4 Å². The van der Waals surface area contributed by atoms with E-state index in [4.69, 9.17) is 5.73 Å². The van der Waals surface area contributed by atoms with Gasteiger partial charge >= 0.3 is 6.18 Å². The van der Waals surface area contributed by atoms with Gasteiger partial charge in [-0.2, -0.15) is 13.2 Å². The van der Waals surface area contributed by atoms with Crippen LogP contribution in [0.2, 0.25) is 0 Å². The summed E-state index contributed by atoms with van der Waals surface area (Å²) in [6.45, 7) is 1.20. The van der Waals surface area contributed by atoms with Crippen LogP contribution in [0.15, 0.2) is 0 Å². The summed E-state index contributed by atoms with van der Waals surface area (Å²) in [6, 6.07) is -2.67. The number of amides is 1. The highest BCUT2D eigenvalue weighted by Gasteiger charge is 2.42. The number of nitrogens with two attached hydrogens (primary N) is 1. The maximum absolute atomic E-state index is 12.0. The smallest absolute Gasteiger partial charge is 0.350 e. The topological polar surface area (TPSA) is 67.2 Å². The Hall–Kier alpha value is -0.820. The highest BCUT2D eigenvalue weighted by molar-refractivity contribution is 5.82. The Kier molecular flexibility index (Phi) is 3.33. The average molecular weight is 211 g/mol. The van der Waals surface area contributed by atoms with Crippen LogP contribution in [-0.4, -0.2) is 37.3 Å². The Morgan fingerprint density at radius 3 is 2.64 bits per heavy atom. The Labute approximate surface area is 79.0 Å². The summed E-state index contributed by atoms with van der Waals surface area (Å²) in [5.41, 5.74) is 4.71. The highest BCUT2D eigenvalue weighted by atomic mass is 19.4. The van der Waals surface area contributed by atoms with Crippen molar-refractivity contribution in [2.24, 2.45) is 5.73 Å². The summed E-state index contributed by atoms with van der Waals surface area (Å²) in [7, 11) is 0. The molecule has 4 N–H and O–H groups in total. The zero-order valence-electron chi connectivity index (χ0n) is 7.40. The molecule has 0 aliphatic carbocycles. The lowest BCUT2D eigenvalue weighted by molar-refractivity contribution is -0.163. The van der Waals surface area contributed by atoms with E-state index in [0.717, 1.165) is 0 Å². The first-order valence-corrected chi connectivity index (χ1v) is 4.24. The van der Waals surface area contributed by atoms with E-state index in [-0.39, 0.29) is 6.04 Å². The van der Waals surface area contributed by atoms with Gasteiger partial charge in [-0.3, -0.25) is 4.79 Å². The second kappa shape index (κ2) is 4.14. The molecule has 7 heteroatoms. The normalized spacial score (nSPS) is 24.7. The van der Waals surface area contributed by atoms with Crippen molar-refractivity contribution in [3.05, 3.63) is 0 Å². The molecular formula is C7H12F3N3O. The minimum Gasteiger partial charge on any atom is -0.350 e. The van der Waals surface area contributed by atoms with E-state index < -0.39 is 18.1 Å². The first-order chi connectivity index (χ1) is 6.41. The third-order valence-corrected chi connectivity index (χ3v) is 2.04. The second-order valence-corrected chi connectivity index (χ2v) is 3.22. The van der Waals surface area contributed by atoms with Crippen LogP contribution in [0, 0.1) is 0 Å². The van der Waals surface area contributed by atoms with Crippen LogP contribution in [0.1, 0.15) is 6.42 Å². The van der Waals surface area contributed by atoms with Gasteiger partial charge < -0.3 is 16.4 Å². The molecule has 1 fully saturated rings. The van der Waals surface area contributed by atoms with E-state index in [1.807, 2.05) is 0 Å². The first-order valence-electron chi connectivity index (χ1n) is 4.24. The lowest BCUT2D eigenvalue weighted by Gasteiger charge is -2.18. The molecule has 0 aromatic carbocycles. The van der Waals surface area contributed by atoms with E-state index in [2.05, 4.69) is 10.6 Å². The van der Waals surface area contributed by atoms with Gasteiger partial charge in [0, 0.05) is 12.6 Å². The molecule has 1 heterocycles. The van der Waals surface area contributed by atoms with Crippen LogP contribution in [0.3, 0.4) is 0 Å². The molecule has 0 radical (unpaired) electrons. The average Bonchev–Trinajstić information content (AvgIpc) is 2.53. The number of hydrogen-bond acceptors (Lipinski definition) is 3. The molecule has 0 aromatic heterocycles. The Bertz CT molecular complexity index is 213. The van der Waals surface area contributed by atoms with Crippen LogP contribution in [0.25, 0.3) is 0 Å². The molecular weight excluding hydrogens is 199 g/mol. The minimum atomic E-state index is -4.67. The highest BCUT2D eigenvalue weighted by Crippen LogP contribution is 2.18. The molecule has 0 aromatic rings. The van der Waals surface area contributed by atoms with Crippen molar-refractivity contribution in [3.8, 4) is 0 Å². The van der Waals surface area contributed by atoms with Crippen molar-refractivity contribution in [1.29, 1.82) is 0 Å². The van der Waals surface area contributed by atoms with Gasteiger partial charge in [0.05, 0.1) is 0 Å². The van der Waals surface area contributed by atoms with Gasteiger partial charge in [0.2, 0.25) is 5.91 Å². The van der Waals surface area contributed by atoms with Crippen molar-refractivity contribution < 1.29 is 18.0 Å². The summed E-state index contributed by atoms with van der Waals surface area (Å²) in [5, 5.41) is 5.16. The minimum absolute atomic E-state index is 0.240. The standard InChI is InChI=1S/C7H12F3N3O/c8-7(9,10)5(11)6(14)13-4-1-2-12-3-4/h4-5,12H,1-3,11H2,(H,13,14). The monoisotopic (exact) mass is 211 g/mol. The number of alkyl halides is 3. The van der Waals surface area contributed by atoms with Crippen molar-refractivity contribution in [1.82, 2.24) is 10.6 Å². The number of carbonyl (C=O) groups excluding carboxylic acids is 1. The summed E-state index contributed by atoms with van der Waals surface area (Å²) < 4.78 is 35.9. The quantitative estimate of drug-likeness (QED) is 0.569. The molecule has 0 spiro atoms. The fourth-order valence-corrected chi connectivity index (χ4v) is 1.22. The van der Waals surface area contributed by atoms with Gasteiger partial charge in [-0.1, -0.05) is 0 Å². The largest absolute Gasteiger partial charge is 0.412 e. The maximum Gasteiger partial charge on any atom is 0.412 e. The molecule has 0 saturated carbocycles. The molecule has 1 rings (SSSR count). The van der Waals surface area contributed by atoms with Crippen molar-refractivity contribution in [2.45, 2.75) is 24.7 Å². The molecule has 1 amide bonds. The third-order valence-electron chi connectivity index (χ3n) is 2.04. The van der Waals surface area contributed by atoms with Gasteiger partial charge in [-0.15, -0.1) is 0 Å². The Morgan fingerprint density at radius 2 is 2.21 bits per heavy atom. The van der Waals surface area contributed by atoms with E-state index >= 15 is 0 Å². The number of halogens is 3. The number of nitrogens with one attached hydrogen (secondary N) is 2. The molecule has 1 aliphatic heterocycles. The lowest BCUT2D eigenvalue weighted by atomic mass is 10.2. The predicted molar refractivity (Wildman–Crippen MR) is 43.4 cm³/mol. The second-order valence-electron chi connectivity index (χ2n) is 3.22. The SMILES string of the molecule is NC(C(=O)NC1CCNC1)C(F)(F)F. The fraction of sp³-hybridized carbons (Fsp3) is 0.857. The van der Waals surface area contributed by atoms with Crippen LogP contribution in [0.4, 0.5) is 13.2 Å². The Morgan fingerprint density at radius 1 is 1.57 bits per heavy atom. The fourth-order valence-electron chi connectivity index (χ4n) is 1.22. The third kappa shape index (κ3) is 2.85. The zero-order valence-corrected chi connectivity index (χ0v) is 7.40. The number of carbonyl (C=O) groups is 1. The van der Waals surface area contributed by atoms with Crippen LogP contribution in [-0.2, 0) is 4.79 Å². The van der Waals surface area contributed by atoms with E-state index in [9.17, 15) is 18.0 Å². The van der Waals surface area contributed by atoms with Gasteiger partial charge in [-0.05, 0) is 13.0 Å². The molecule has 2 unspecified atom stereocenters. The summed E-state index contributed by atoms with van der Waals surface area (Å²) in [6.07, 6.45) is -4.04. The lowest BCUT2D eigenvalue weighted by Crippen LogP contribution is -2.53.